The van der Waals surface area contributed by atoms with Gasteiger partial charge in [-0.2, -0.15) is 0 Å². The van der Waals surface area contributed by atoms with Crippen molar-refractivity contribution in [1.82, 2.24) is 9.88 Å². The molecule has 7 nitrogen and oxygen atoms in total. The average Bonchev–Trinajstić information content (AvgIpc) is 3.45. The first-order valence-electron chi connectivity index (χ1n) is 12.1. The number of aliphatic hydroxyl groups excluding tert-OH is 1. The van der Waals surface area contributed by atoms with Crippen LogP contribution in [0, 0.1) is 0 Å². The Morgan fingerprint density at radius 2 is 1.68 bits per heavy atom. The minimum Gasteiger partial charge on any atom is -0.503 e. The first-order chi connectivity index (χ1) is 18.0. The van der Waals surface area contributed by atoms with Gasteiger partial charge in [0.1, 0.15) is 11.5 Å². The predicted octanol–water partition coefficient (Wildman–Crippen LogP) is 4.94. The van der Waals surface area contributed by atoms with Crippen LogP contribution in [0.2, 0.25) is 0 Å². The number of nitrogens with zero attached hydrogens (tertiary/aromatic N) is 1. The molecule has 0 saturated carbocycles. The van der Waals surface area contributed by atoms with Gasteiger partial charge in [0.15, 0.2) is 11.5 Å². The van der Waals surface area contributed by atoms with Gasteiger partial charge in [-0.3, -0.25) is 9.59 Å². The van der Waals surface area contributed by atoms with E-state index in [0.29, 0.717) is 18.7 Å². The minimum atomic E-state index is -0.700. The molecule has 0 spiro atoms. The lowest BCUT2D eigenvalue weighted by Gasteiger charge is -2.27. The number of Topliss-reactive ketones (excluding diaryl/α,β-unsaturated/α-hetero) is 1. The molecule has 4 aromatic rings. The number of ether oxygens (including phenoxy) is 2. The second-order valence-corrected chi connectivity index (χ2v) is 9.00. The molecule has 0 saturated heterocycles. The van der Waals surface area contributed by atoms with Crippen LogP contribution in [0.1, 0.15) is 22.7 Å². The zero-order valence-corrected chi connectivity index (χ0v) is 20.7. The molecule has 0 fully saturated rings. The SMILES string of the molecule is COc1ccc([C@H]2C(C(=O)Cc3ccccc3)=C(O)C(=O)N2CCc2c[nH]c3ccc(OC)cc23)cc1. The number of aliphatic hydroxyl groups is 1. The highest BCUT2D eigenvalue weighted by molar-refractivity contribution is 6.09. The van der Waals surface area contributed by atoms with E-state index in [4.69, 9.17) is 9.47 Å². The Labute approximate surface area is 214 Å². The molecule has 188 valence electrons. The molecular formula is C30H28N2O5. The Balaban J connectivity index is 1.47. The van der Waals surface area contributed by atoms with E-state index in [0.717, 1.165) is 33.3 Å². The van der Waals surface area contributed by atoms with Crippen molar-refractivity contribution in [3.8, 4) is 11.5 Å². The molecule has 0 bridgehead atoms. The first kappa shape index (κ1) is 24.2. The molecule has 2 heterocycles. The molecule has 2 N–H and O–H groups in total. The van der Waals surface area contributed by atoms with Crippen molar-refractivity contribution in [2.75, 3.05) is 20.8 Å². The van der Waals surface area contributed by atoms with Crippen LogP contribution in [0.15, 0.2) is 90.3 Å². The molecule has 0 unspecified atom stereocenters. The lowest BCUT2D eigenvalue weighted by Crippen LogP contribution is -2.33. The highest BCUT2D eigenvalue weighted by atomic mass is 16.5. The quantitative estimate of drug-likeness (QED) is 0.343. The maximum atomic E-state index is 13.5. The molecule has 1 aliphatic rings. The maximum Gasteiger partial charge on any atom is 0.290 e. The average molecular weight is 497 g/mol. The topological polar surface area (TPSA) is 91.9 Å². The van der Waals surface area contributed by atoms with Gasteiger partial charge in [-0.05, 0) is 53.4 Å². The number of carbonyl (C=O) groups excluding carboxylic acids is 2. The number of aromatic nitrogens is 1. The molecule has 3 aromatic carbocycles. The van der Waals surface area contributed by atoms with Crippen molar-refractivity contribution in [3.63, 3.8) is 0 Å². The summed E-state index contributed by atoms with van der Waals surface area (Å²) in [7, 11) is 3.20. The molecular weight excluding hydrogens is 468 g/mol. The summed E-state index contributed by atoms with van der Waals surface area (Å²) in [6, 6.07) is 21.7. The Kier molecular flexibility index (Phi) is 6.68. The second kappa shape index (κ2) is 10.2. The highest BCUT2D eigenvalue weighted by Crippen LogP contribution is 2.39. The molecule has 1 amide bonds. The minimum absolute atomic E-state index is 0.0935. The van der Waals surface area contributed by atoms with Gasteiger partial charge in [-0.25, -0.2) is 0 Å². The van der Waals surface area contributed by atoms with Crippen LogP contribution in [-0.2, 0) is 22.4 Å². The molecule has 1 aromatic heterocycles. The van der Waals surface area contributed by atoms with E-state index in [1.165, 1.54) is 0 Å². The molecule has 1 aliphatic heterocycles. The number of aromatic amines is 1. The van der Waals surface area contributed by atoms with Crippen LogP contribution in [0.4, 0.5) is 0 Å². The molecule has 37 heavy (non-hydrogen) atoms. The summed E-state index contributed by atoms with van der Waals surface area (Å²) in [4.78, 5) is 31.6. The van der Waals surface area contributed by atoms with E-state index in [2.05, 4.69) is 4.98 Å². The Bertz CT molecular complexity index is 1470. The smallest absolute Gasteiger partial charge is 0.290 e. The normalized spacial score (nSPS) is 15.5. The fraction of sp³-hybridized carbons (Fsp3) is 0.200. The fourth-order valence-corrected chi connectivity index (χ4v) is 4.91. The number of hydrogen-bond donors (Lipinski definition) is 2. The summed E-state index contributed by atoms with van der Waals surface area (Å²) in [5, 5.41) is 11.9. The van der Waals surface area contributed by atoms with E-state index >= 15 is 0 Å². The lowest BCUT2D eigenvalue weighted by atomic mass is 9.93. The van der Waals surface area contributed by atoms with Gasteiger partial charge in [-0.15, -0.1) is 0 Å². The van der Waals surface area contributed by atoms with Crippen LogP contribution in [0.25, 0.3) is 10.9 Å². The third-order valence-corrected chi connectivity index (χ3v) is 6.84. The molecule has 0 aliphatic carbocycles. The van der Waals surface area contributed by atoms with Gasteiger partial charge in [0, 0.05) is 30.1 Å². The van der Waals surface area contributed by atoms with Gasteiger partial charge >= 0.3 is 0 Å². The third kappa shape index (κ3) is 4.68. The predicted molar refractivity (Wildman–Crippen MR) is 141 cm³/mol. The van der Waals surface area contributed by atoms with Crippen molar-refractivity contribution < 1.29 is 24.2 Å². The molecule has 5 rings (SSSR count). The number of benzene rings is 3. The number of carbonyl (C=O) groups is 2. The summed E-state index contributed by atoms with van der Waals surface area (Å²) >= 11 is 0. The Morgan fingerprint density at radius 3 is 2.38 bits per heavy atom. The summed E-state index contributed by atoms with van der Waals surface area (Å²) in [6.45, 7) is 0.311. The lowest BCUT2D eigenvalue weighted by molar-refractivity contribution is -0.129. The van der Waals surface area contributed by atoms with E-state index in [1.54, 1.807) is 31.3 Å². The fourth-order valence-electron chi connectivity index (χ4n) is 4.91. The van der Waals surface area contributed by atoms with Crippen molar-refractivity contribution in [3.05, 3.63) is 107 Å². The van der Waals surface area contributed by atoms with Crippen LogP contribution in [0.5, 0.6) is 11.5 Å². The van der Waals surface area contributed by atoms with Crippen molar-refractivity contribution in [2.45, 2.75) is 18.9 Å². The van der Waals surface area contributed by atoms with Gasteiger partial charge in [0.2, 0.25) is 0 Å². The molecule has 7 heteroatoms. The number of fused-ring (bicyclic) bond motifs is 1. The first-order valence-corrected chi connectivity index (χ1v) is 12.1. The van der Waals surface area contributed by atoms with Crippen LogP contribution in [-0.4, -0.2) is 47.4 Å². The van der Waals surface area contributed by atoms with Crippen molar-refractivity contribution in [1.29, 1.82) is 0 Å². The van der Waals surface area contributed by atoms with Crippen LogP contribution < -0.4 is 9.47 Å². The number of rotatable bonds is 9. The Hall–Kier alpha value is -4.52. The number of methoxy groups -OCH3 is 2. The van der Waals surface area contributed by atoms with E-state index < -0.39 is 17.7 Å². The summed E-state index contributed by atoms with van der Waals surface area (Å²) in [5.41, 5.74) is 3.66. The Morgan fingerprint density at radius 1 is 0.973 bits per heavy atom. The van der Waals surface area contributed by atoms with Gasteiger partial charge < -0.3 is 24.5 Å². The van der Waals surface area contributed by atoms with Crippen LogP contribution >= 0.6 is 0 Å². The van der Waals surface area contributed by atoms with E-state index in [9.17, 15) is 14.7 Å². The molecule has 0 radical (unpaired) electrons. The monoisotopic (exact) mass is 496 g/mol. The number of amides is 1. The van der Waals surface area contributed by atoms with Gasteiger partial charge in [0.05, 0.1) is 25.8 Å². The van der Waals surface area contributed by atoms with Crippen molar-refractivity contribution in [2.24, 2.45) is 0 Å². The summed E-state index contributed by atoms with van der Waals surface area (Å²) in [6.07, 6.45) is 2.54. The number of H-pyrrole nitrogens is 1. The van der Waals surface area contributed by atoms with Crippen molar-refractivity contribution >= 4 is 22.6 Å². The van der Waals surface area contributed by atoms with E-state index in [-0.39, 0.29) is 17.8 Å². The number of hydrogen-bond acceptors (Lipinski definition) is 5. The van der Waals surface area contributed by atoms with Gasteiger partial charge in [0.25, 0.3) is 5.91 Å². The maximum absolute atomic E-state index is 13.5. The largest absolute Gasteiger partial charge is 0.503 e. The van der Waals surface area contributed by atoms with E-state index in [1.807, 2.05) is 66.9 Å². The zero-order valence-electron chi connectivity index (χ0n) is 20.7. The van der Waals surface area contributed by atoms with Crippen LogP contribution in [0.3, 0.4) is 0 Å². The van der Waals surface area contributed by atoms with Gasteiger partial charge in [-0.1, -0.05) is 42.5 Å². The number of ketones is 1. The third-order valence-electron chi connectivity index (χ3n) is 6.84. The zero-order chi connectivity index (χ0) is 25.9. The standard InChI is InChI=1S/C30H28N2O5/c1-36-22-10-8-20(9-11-22)28-27(26(33)16-19-6-4-3-5-7-19)29(34)30(35)32(28)15-14-21-18-31-25-13-12-23(37-2)17-24(21)25/h3-13,17-18,28,31,34H,14-16H2,1-2H3/t28-/m0/s1. The number of nitrogens with one attached hydrogen (secondary N) is 1. The summed E-state index contributed by atoms with van der Waals surface area (Å²) in [5.74, 6) is 0.0988. The highest BCUT2D eigenvalue weighted by Gasteiger charge is 2.43. The second-order valence-electron chi connectivity index (χ2n) is 9.00. The molecule has 1 atom stereocenters. The summed E-state index contributed by atoms with van der Waals surface area (Å²) < 4.78 is 10.7.